The van der Waals surface area contributed by atoms with Crippen LogP contribution in [-0.4, -0.2) is 43.8 Å². The zero-order chi connectivity index (χ0) is 11.2. The first-order chi connectivity index (χ1) is 7.88. The Balaban J connectivity index is 1.75. The van der Waals surface area contributed by atoms with Gasteiger partial charge in [-0.1, -0.05) is 18.1 Å². The molecule has 2 saturated heterocycles. The van der Waals surface area contributed by atoms with E-state index in [4.69, 9.17) is 0 Å². The third kappa shape index (κ3) is 3.58. The molecular formula is C13H25N3. The molecule has 0 unspecified atom stereocenters. The number of likely N-dealkylation sites (tertiary alicyclic amines) is 1. The van der Waals surface area contributed by atoms with Crippen molar-refractivity contribution >= 4 is 0 Å². The smallest absolute Gasteiger partial charge is 0.0611 e. The van der Waals surface area contributed by atoms with Crippen molar-refractivity contribution in [3.63, 3.8) is 0 Å². The van der Waals surface area contributed by atoms with E-state index in [1.54, 1.807) is 5.57 Å². The van der Waals surface area contributed by atoms with Crippen LogP contribution in [0.4, 0.5) is 0 Å². The molecule has 2 heterocycles. The SMILES string of the molecule is C/C=C(\CC1NCCN1)CN1CCCCC1. The predicted octanol–water partition coefficient (Wildman–Crippen LogP) is 1.33. The summed E-state index contributed by atoms with van der Waals surface area (Å²) in [6, 6.07) is 0. The van der Waals surface area contributed by atoms with Crippen LogP contribution in [0.5, 0.6) is 0 Å². The van der Waals surface area contributed by atoms with E-state index in [0.29, 0.717) is 6.17 Å². The average molecular weight is 223 g/mol. The van der Waals surface area contributed by atoms with Crippen LogP contribution < -0.4 is 10.6 Å². The molecule has 0 bridgehead atoms. The van der Waals surface area contributed by atoms with Crippen molar-refractivity contribution in [2.24, 2.45) is 0 Å². The number of hydrogen-bond donors (Lipinski definition) is 2. The van der Waals surface area contributed by atoms with Gasteiger partial charge in [-0.05, 0) is 39.3 Å². The van der Waals surface area contributed by atoms with Gasteiger partial charge in [0.15, 0.2) is 0 Å². The van der Waals surface area contributed by atoms with Crippen LogP contribution in [0.3, 0.4) is 0 Å². The molecule has 3 nitrogen and oxygen atoms in total. The van der Waals surface area contributed by atoms with Crippen LogP contribution >= 0.6 is 0 Å². The molecule has 92 valence electrons. The van der Waals surface area contributed by atoms with Crippen molar-refractivity contribution in [3.8, 4) is 0 Å². The Bertz CT molecular complexity index is 225. The first-order valence-electron chi connectivity index (χ1n) is 6.71. The Morgan fingerprint density at radius 3 is 2.50 bits per heavy atom. The predicted molar refractivity (Wildman–Crippen MR) is 68.5 cm³/mol. The van der Waals surface area contributed by atoms with E-state index in [9.17, 15) is 0 Å². The van der Waals surface area contributed by atoms with E-state index >= 15 is 0 Å². The maximum Gasteiger partial charge on any atom is 0.0611 e. The quantitative estimate of drug-likeness (QED) is 0.704. The number of hydrogen-bond acceptors (Lipinski definition) is 3. The van der Waals surface area contributed by atoms with E-state index in [2.05, 4.69) is 28.5 Å². The fourth-order valence-corrected chi connectivity index (χ4v) is 2.65. The zero-order valence-corrected chi connectivity index (χ0v) is 10.5. The van der Waals surface area contributed by atoms with Crippen LogP contribution in [0.1, 0.15) is 32.6 Å². The van der Waals surface area contributed by atoms with Crippen LogP contribution in [0.2, 0.25) is 0 Å². The summed E-state index contributed by atoms with van der Waals surface area (Å²) < 4.78 is 0. The van der Waals surface area contributed by atoms with E-state index in [0.717, 1.165) is 19.5 Å². The van der Waals surface area contributed by atoms with Crippen molar-refractivity contribution in [1.82, 2.24) is 15.5 Å². The molecule has 2 rings (SSSR count). The van der Waals surface area contributed by atoms with Gasteiger partial charge in [0, 0.05) is 19.6 Å². The fourth-order valence-electron chi connectivity index (χ4n) is 2.65. The minimum Gasteiger partial charge on any atom is -0.300 e. The number of piperidine rings is 1. The molecule has 0 radical (unpaired) electrons. The largest absolute Gasteiger partial charge is 0.300 e. The molecule has 3 heteroatoms. The lowest BCUT2D eigenvalue weighted by molar-refractivity contribution is 0.243. The summed E-state index contributed by atoms with van der Waals surface area (Å²) >= 11 is 0. The Labute approximate surface area is 99.3 Å². The molecule has 2 aliphatic rings. The lowest BCUT2D eigenvalue weighted by Gasteiger charge is -2.28. The lowest BCUT2D eigenvalue weighted by atomic mass is 10.1. The monoisotopic (exact) mass is 223 g/mol. The lowest BCUT2D eigenvalue weighted by Crippen LogP contribution is -2.35. The second kappa shape index (κ2) is 6.38. The summed E-state index contributed by atoms with van der Waals surface area (Å²) in [5.74, 6) is 0. The molecule has 0 spiro atoms. The summed E-state index contributed by atoms with van der Waals surface area (Å²) in [5, 5.41) is 6.98. The zero-order valence-electron chi connectivity index (χ0n) is 10.5. The first kappa shape index (κ1) is 12.1. The highest BCUT2D eigenvalue weighted by Crippen LogP contribution is 2.13. The molecule has 0 amide bonds. The standard InChI is InChI=1S/C13H25N3/c1-2-12(10-13-14-6-7-15-13)11-16-8-4-3-5-9-16/h2,13-15H,3-11H2,1H3/b12-2+. The summed E-state index contributed by atoms with van der Waals surface area (Å²) in [7, 11) is 0. The van der Waals surface area contributed by atoms with Crippen molar-refractivity contribution in [2.75, 3.05) is 32.7 Å². The topological polar surface area (TPSA) is 27.3 Å². The van der Waals surface area contributed by atoms with Crippen molar-refractivity contribution < 1.29 is 0 Å². The Morgan fingerprint density at radius 1 is 1.19 bits per heavy atom. The van der Waals surface area contributed by atoms with Gasteiger partial charge in [-0.2, -0.15) is 0 Å². The van der Waals surface area contributed by atoms with Gasteiger partial charge >= 0.3 is 0 Å². The maximum atomic E-state index is 3.49. The molecule has 2 fully saturated rings. The Morgan fingerprint density at radius 2 is 1.88 bits per heavy atom. The maximum absolute atomic E-state index is 3.49. The highest BCUT2D eigenvalue weighted by atomic mass is 15.2. The Kier molecular flexibility index (Phi) is 4.82. The van der Waals surface area contributed by atoms with Gasteiger partial charge in [0.25, 0.3) is 0 Å². The van der Waals surface area contributed by atoms with Gasteiger partial charge in [0.2, 0.25) is 0 Å². The average Bonchev–Trinajstić information content (AvgIpc) is 2.82. The number of allylic oxidation sites excluding steroid dienone is 1. The van der Waals surface area contributed by atoms with E-state index in [1.807, 2.05) is 0 Å². The molecule has 0 aromatic heterocycles. The molecule has 0 aromatic carbocycles. The van der Waals surface area contributed by atoms with Gasteiger partial charge < -0.3 is 10.6 Å². The number of nitrogens with one attached hydrogen (secondary N) is 2. The van der Waals surface area contributed by atoms with Crippen LogP contribution in [0, 0.1) is 0 Å². The highest BCUT2D eigenvalue weighted by molar-refractivity contribution is 5.06. The van der Waals surface area contributed by atoms with E-state index in [1.165, 1.54) is 38.9 Å². The molecule has 16 heavy (non-hydrogen) atoms. The number of rotatable bonds is 4. The van der Waals surface area contributed by atoms with E-state index < -0.39 is 0 Å². The molecule has 0 saturated carbocycles. The summed E-state index contributed by atoms with van der Waals surface area (Å²) in [6.07, 6.45) is 8.17. The highest BCUT2D eigenvalue weighted by Gasteiger charge is 2.17. The van der Waals surface area contributed by atoms with Crippen LogP contribution in [0.15, 0.2) is 11.6 Å². The van der Waals surface area contributed by atoms with Gasteiger partial charge in [-0.25, -0.2) is 0 Å². The normalized spacial score (nSPS) is 25.2. The van der Waals surface area contributed by atoms with Crippen molar-refractivity contribution in [1.29, 1.82) is 0 Å². The van der Waals surface area contributed by atoms with Crippen molar-refractivity contribution in [3.05, 3.63) is 11.6 Å². The molecule has 0 aliphatic carbocycles. The second-order valence-electron chi connectivity index (χ2n) is 4.95. The molecule has 2 aliphatic heterocycles. The minimum absolute atomic E-state index is 0.510. The molecule has 0 atom stereocenters. The van der Waals surface area contributed by atoms with Gasteiger partial charge in [-0.15, -0.1) is 0 Å². The Hall–Kier alpha value is -0.380. The third-order valence-corrected chi connectivity index (χ3v) is 3.66. The minimum atomic E-state index is 0.510. The van der Waals surface area contributed by atoms with Gasteiger partial charge in [0.1, 0.15) is 0 Å². The van der Waals surface area contributed by atoms with Crippen molar-refractivity contribution in [2.45, 2.75) is 38.8 Å². The first-order valence-corrected chi connectivity index (χ1v) is 6.71. The summed E-state index contributed by atoms with van der Waals surface area (Å²) in [6.45, 7) is 8.17. The second-order valence-corrected chi connectivity index (χ2v) is 4.95. The molecular weight excluding hydrogens is 198 g/mol. The fraction of sp³-hybridized carbons (Fsp3) is 0.846. The van der Waals surface area contributed by atoms with Gasteiger partial charge in [0.05, 0.1) is 6.17 Å². The molecule has 0 aromatic rings. The van der Waals surface area contributed by atoms with E-state index in [-0.39, 0.29) is 0 Å². The van der Waals surface area contributed by atoms with Crippen LogP contribution in [-0.2, 0) is 0 Å². The number of nitrogens with zero attached hydrogens (tertiary/aromatic N) is 1. The molecule has 2 N–H and O–H groups in total. The summed E-state index contributed by atoms with van der Waals surface area (Å²) in [5.41, 5.74) is 1.58. The summed E-state index contributed by atoms with van der Waals surface area (Å²) in [4.78, 5) is 2.60. The van der Waals surface area contributed by atoms with Crippen LogP contribution in [0.25, 0.3) is 0 Å². The third-order valence-electron chi connectivity index (χ3n) is 3.66. The van der Waals surface area contributed by atoms with Gasteiger partial charge in [-0.3, -0.25) is 4.90 Å².